The molecule has 0 aliphatic carbocycles. The number of imidazole rings is 1. The molecule has 0 spiro atoms. The zero-order valence-electron chi connectivity index (χ0n) is 15.5. The van der Waals surface area contributed by atoms with Gasteiger partial charge in [0.05, 0.1) is 29.8 Å². The Bertz CT molecular complexity index is 1150. The molecule has 0 fully saturated rings. The largest absolute Gasteiger partial charge is 0.481 e. The third-order valence-corrected chi connectivity index (χ3v) is 4.76. The van der Waals surface area contributed by atoms with Crippen molar-refractivity contribution >= 4 is 28.6 Å². The number of amides is 1. The molecule has 0 radical (unpaired) electrons. The predicted octanol–water partition coefficient (Wildman–Crippen LogP) is 4.35. The van der Waals surface area contributed by atoms with E-state index in [1.54, 1.807) is 30.6 Å². The van der Waals surface area contributed by atoms with Crippen molar-refractivity contribution in [1.82, 2.24) is 9.55 Å². The van der Waals surface area contributed by atoms with Gasteiger partial charge in [-0.2, -0.15) is 0 Å². The van der Waals surface area contributed by atoms with Crippen LogP contribution in [0.1, 0.15) is 28.4 Å². The van der Waals surface area contributed by atoms with Gasteiger partial charge in [-0.15, -0.1) is 0 Å². The summed E-state index contributed by atoms with van der Waals surface area (Å²) in [6.45, 7) is 0. The summed E-state index contributed by atoms with van der Waals surface area (Å²) in [5, 5.41) is 12.3. The molecule has 1 atom stereocenters. The normalized spacial score (nSPS) is 11.9. The van der Waals surface area contributed by atoms with Crippen LogP contribution in [0, 0.1) is 0 Å². The lowest BCUT2D eigenvalue weighted by molar-refractivity contribution is -0.137. The van der Waals surface area contributed by atoms with Crippen LogP contribution in [0.3, 0.4) is 0 Å². The number of fused-ring (bicyclic) bond motifs is 1. The lowest BCUT2D eigenvalue weighted by atomic mass is 10.0. The van der Waals surface area contributed by atoms with E-state index in [2.05, 4.69) is 10.3 Å². The van der Waals surface area contributed by atoms with Gasteiger partial charge in [-0.3, -0.25) is 9.59 Å². The third-order valence-electron chi connectivity index (χ3n) is 4.76. The number of carbonyl (C=O) groups is 2. The van der Waals surface area contributed by atoms with E-state index in [0.717, 1.165) is 11.1 Å². The fourth-order valence-corrected chi connectivity index (χ4v) is 3.37. The number of hydrogen-bond donors (Lipinski definition) is 2. The Labute approximate surface area is 167 Å². The number of anilines is 1. The van der Waals surface area contributed by atoms with Gasteiger partial charge < -0.3 is 15.0 Å². The van der Waals surface area contributed by atoms with Gasteiger partial charge in [0.15, 0.2) is 0 Å². The number of carboxylic acids is 1. The van der Waals surface area contributed by atoms with E-state index in [-0.39, 0.29) is 18.4 Å². The van der Waals surface area contributed by atoms with Gasteiger partial charge in [0.1, 0.15) is 0 Å². The minimum atomic E-state index is -0.882. The maximum Gasteiger partial charge on any atom is 0.305 e. The smallest absolute Gasteiger partial charge is 0.305 e. The third kappa shape index (κ3) is 4.01. The van der Waals surface area contributed by atoms with E-state index in [0.29, 0.717) is 16.8 Å². The van der Waals surface area contributed by atoms with Crippen molar-refractivity contribution in [1.29, 1.82) is 0 Å². The van der Waals surface area contributed by atoms with Crippen LogP contribution in [0.25, 0.3) is 11.0 Å². The van der Waals surface area contributed by atoms with Gasteiger partial charge in [0, 0.05) is 11.3 Å². The number of nitrogens with zero attached hydrogens (tertiary/aromatic N) is 2. The summed E-state index contributed by atoms with van der Waals surface area (Å²) in [7, 11) is 0. The lowest BCUT2D eigenvalue weighted by Gasteiger charge is -2.18. The first-order valence-electron chi connectivity index (χ1n) is 9.21. The molecule has 6 heteroatoms. The van der Waals surface area contributed by atoms with Crippen LogP contribution in [0.15, 0.2) is 85.2 Å². The number of carboxylic acid groups (broad SMARTS) is 1. The maximum absolute atomic E-state index is 12.4. The van der Waals surface area contributed by atoms with Gasteiger partial charge in [-0.25, -0.2) is 4.98 Å². The van der Waals surface area contributed by atoms with Crippen molar-refractivity contribution < 1.29 is 14.7 Å². The fourth-order valence-electron chi connectivity index (χ4n) is 3.37. The number of aliphatic carboxylic acids is 1. The van der Waals surface area contributed by atoms with Crippen LogP contribution in [0.5, 0.6) is 0 Å². The molecule has 0 aliphatic heterocycles. The highest BCUT2D eigenvalue weighted by molar-refractivity contribution is 6.04. The van der Waals surface area contributed by atoms with Crippen molar-refractivity contribution in [3.8, 4) is 0 Å². The van der Waals surface area contributed by atoms with Gasteiger partial charge in [0.2, 0.25) is 0 Å². The number of benzene rings is 3. The molecule has 144 valence electrons. The van der Waals surface area contributed by atoms with Gasteiger partial charge in [-0.05, 0) is 35.9 Å². The highest BCUT2D eigenvalue weighted by Crippen LogP contribution is 2.28. The average Bonchev–Trinajstić information content (AvgIpc) is 3.16. The monoisotopic (exact) mass is 385 g/mol. The van der Waals surface area contributed by atoms with Gasteiger partial charge in [-0.1, -0.05) is 48.5 Å². The molecule has 2 N–H and O–H groups in total. The first-order chi connectivity index (χ1) is 14.1. The SMILES string of the molecule is O=C(O)CC(c1ccccc1)n1cnc2cc(NC(=O)c3ccccc3)ccc21. The number of hydrogen-bond acceptors (Lipinski definition) is 3. The molecule has 1 aromatic heterocycles. The molecular weight excluding hydrogens is 366 g/mol. The maximum atomic E-state index is 12.4. The molecule has 0 saturated carbocycles. The Morgan fingerprint density at radius 3 is 2.34 bits per heavy atom. The second kappa shape index (κ2) is 7.98. The number of carbonyl (C=O) groups excluding carboxylic acids is 1. The summed E-state index contributed by atoms with van der Waals surface area (Å²) in [6.07, 6.45) is 1.59. The Balaban J connectivity index is 1.65. The molecule has 1 unspecified atom stereocenters. The van der Waals surface area contributed by atoms with Gasteiger partial charge in [0.25, 0.3) is 5.91 Å². The van der Waals surface area contributed by atoms with Gasteiger partial charge >= 0.3 is 5.97 Å². The molecular formula is C23H19N3O3. The van der Waals surface area contributed by atoms with Crippen LogP contribution in [0.4, 0.5) is 5.69 Å². The molecule has 0 aliphatic rings. The molecule has 6 nitrogen and oxygen atoms in total. The van der Waals surface area contributed by atoms with Crippen LogP contribution < -0.4 is 5.32 Å². The highest BCUT2D eigenvalue weighted by Gasteiger charge is 2.20. The second-order valence-electron chi connectivity index (χ2n) is 6.70. The fraction of sp³-hybridized carbons (Fsp3) is 0.0870. The Hall–Kier alpha value is -3.93. The topological polar surface area (TPSA) is 84.2 Å². The summed E-state index contributed by atoms with van der Waals surface area (Å²) >= 11 is 0. The van der Waals surface area contributed by atoms with Crippen LogP contribution >= 0.6 is 0 Å². The number of aromatic nitrogens is 2. The average molecular weight is 385 g/mol. The summed E-state index contributed by atoms with van der Waals surface area (Å²) in [5.41, 5.74) is 3.59. The van der Waals surface area contributed by atoms with E-state index in [9.17, 15) is 14.7 Å². The Morgan fingerprint density at radius 2 is 1.66 bits per heavy atom. The van der Waals surface area contributed by atoms with E-state index in [4.69, 9.17) is 0 Å². The van der Waals surface area contributed by atoms with Crippen molar-refractivity contribution in [3.05, 3.63) is 96.3 Å². The van der Waals surface area contributed by atoms with Crippen molar-refractivity contribution in [2.75, 3.05) is 5.32 Å². The molecule has 3 aromatic carbocycles. The van der Waals surface area contributed by atoms with Crippen LogP contribution in [-0.4, -0.2) is 26.5 Å². The molecule has 29 heavy (non-hydrogen) atoms. The summed E-state index contributed by atoms with van der Waals surface area (Å²) in [4.78, 5) is 28.2. The second-order valence-corrected chi connectivity index (χ2v) is 6.70. The molecule has 1 amide bonds. The van der Waals surface area contributed by atoms with E-state index in [1.807, 2.05) is 59.2 Å². The first kappa shape index (κ1) is 18.4. The van der Waals surface area contributed by atoms with E-state index < -0.39 is 5.97 Å². The number of nitrogens with one attached hydrogen (secondary N) is 1. The minimum Gasteiger partial charge on any atom is -0.481 e. The standard InChI is InChI=1S/C23H19N3O3/c27-22(28)14-21(16-7-3-1-4-8-16)26-15-24-19-13-18(11-12-20(19)26)25-23(29)17-9-5-2-6-10-17/h1-13,15,21H,14H2,(H,25,29)(H,27,28). The predicted molar refractivity (Wildman–Crippen MR) is 111 cm³/mol. The summed E-state index contributed by atoms with van der Waals surface area (Å²) < 4.78 is 1.86. The van der Waals surface area contributed by atoms with E-state index >= 15 is 0 Å². The van der Waals surface area contributed by atoms with Crippen molar-refractivity contribution in [2.24, 2.45) is 0 Å². The Kier molecular flexibility index (Phi) is 5.07. The Morgan fingerprint density at radius 1 is 0.966 bits per heavy atom. The minimum absolute atomic E-state index is 0.0536. The zero-order valence-corrected chi connectivity index (χ0v) is 15.5. The summed E-state index contributed by atoms with van der Waals surface area (Å²) in [5.74, 6) is -1.08. The lowest BCUT2D eigenvalue weighted by Crippen LogP contribution is -2.14. The zero-order chi connectivity index (χ0) is 20.2. The van der Waals surface area contributed by atoms with Crippen LogP contribution in [-0.2, 0) is 4.79 Å². The van der Waals surface area contributed by atoms with Crippen molar-refractivity contribution in [2.45, 2.75) is 12.5 Å². The molecule has 4 aromatic rings. The first-order valence-corrected chi connectivity index (χ1v) is 9.21. The molecule has 0 saturated heterocycles. The molecule has 1 heterocycles. The van der Waals surface area contributed by atoms with Crippen LogP contribution in [0.2, 0.25) is 0 Å². The number of rotatable bonds is 6. The quantitative estimate of drug-likeness (QED) is 0.517. The van der Waals surface area contributed by atoms with E-state index in [1.165, 1.54) is 0 Å². The molecule has 0 bridgehead atoms. The highest BCUT2D eigenvalue weighted by atomic mass is 16.4. The molecule has 4 rings (SSSR count). The van der Waals surface area contributed by atoms with Crippen molar-refractivity contribution in [3.63, 3.8) is 0 Å². The summed E-state index contributed by atoms with van der Waals surface area (Å²) in [6, 6.07) is 23.5.